The molecule has 2 heterocycles. The fourth-order valence-corrected chi connectivity index (χ4v) is 3.47. The number of amides is 2. The van der Waals surface area contributed by atoms with Gasteiger partial charge in [-0.15, -0.1) is 0 Å². The second-order valence-electron chi connectivity index (χ2n) is 7.62. The second kappa shape index (κ2) is 7.68. The number of halogens is 3. The lowest BCUT2D eigenvalue weighted by atomic mass is 10.1. The van der Waals surface area contributed by atoms with Gasteiger partial charge in [0, 0.05) is 29.9 Å². The number of aryl methyl sites for hydroxylation is 1. The van der Waals surface area contributed by atoms with E-state index in [4.69, 9.17) is 0 Å². The molecule has 1 aliphatic rings. The van der Waals surface area contributed by atoms with Crippen LogP contribution in [0.5, 0.6) is 0 Å². The van der Waals surface area contributed by atoms with E-state index in [-0.39, 0.29) is 35.1 Å². The van der Waals surface area contributed by atoms with E-state index in [1.54, 1.807) is 24.3 Å². The van der Waals surface area contributed by atoms with Gasteiger partial charge in [-0.25, -0.2) is 9.67 Å². The summed E-state index contributed by atoms with van der Waals surface area (Å²) in [6.07, 6.45) is -2.93. The van der Waals surface area contributed by atoms with E-state index in [1.807, 2.05) is 0 Å². The van der Waals surface area contributed by atoms with Crippen molar-refractivity contribution in [2.75, 3.05) is 10.6 Å². The lowest BCUT2D eigenvalue weighted by Crippen LogP contribution is -2.20. The highest BCUT2D eigenvalue weighted by Gasteiger charge is 2.37. The lowest BCUT2D eigenvalue weighted by Gasteiger charge is -2.11. The second-order valence-corrected chi connectivity index (χ2v) is 7.62. The lowest BCUT2D eigenvalue weighted by molar-refractivity contribution is -0.136. The molecule has 0 aliphatic heterocycles. The first kappa shape index (κ1) is 20.8. The fraction of sp³-hybridized carbons (Fsp3) is 0.333. The quantitative estimate of drug-likeness (QED) is 0.633. The van der Waals surface area contributed by atoms with Gasteiger partial charge in [0.1, 0.15) is 6.54 Å². The van der Waals surface area contributed by atoms with Gasteiger partial charge >= 0.3 is 6.18 Å². The Balaban J connectivity index is 1.60. The van der Waals surface area contributed by atoms with Crippen LogP contribution in [0.25, 0.3) is 11.0 Å². The van der Waals surface area contributed by atoms with E-state index in [0.717, 1.165) is 18.9 Å². The molecule has 1 aromatic carbocycles. The minimum absolute atomic E-state index is 0.0186. The topological polar surface area (TPSA) is 88.9 Å². The largest absolute Gasteiger partial charge is 0.417 e. The molecule has 162 valence electrons. The van der Waals surface area contributed by atoms with Gasteiger partial charge in [0.2, 0.25) is 11.8 Å². The molecule has 0 bridgehead atoms. The van der Waals surface area contributed by atoms with Gasteiger partial charge < -0.3 is 10.6 Å². The highest BCUT2D eigenvalue weighted by molar-refractivity contribution is 5.93. The normalized spacial score (nSPS) is 14.0. The predicted molar refractivity (Wildman–Crippen MR) is 109 cm³/mol. The number of anilines is 2. The molecular weight excluding hydrogens is 411 g/mol. The average molecular weight is 431 g/mol. The SMILES string of the molecule is CC(=O)Nc1ccc(NC(=O)Cn2nc(C)c3c(C(F)(F)F)cc(C4CC4)nc32)cc1. The number of benzene rings is 1. The summed E-state index contributed by atoms with van der Waals surface area (Å²) in [7, 11) is 0. The van der Waals surface area contributed by atoms with Crippen molar-refractivity contribution in [3.8, 4) is 0 Å². The zero-order valence-corrected chi connectivity index (χ0v) is 16.9. The van der Waals surface area contributed by atoms with Crippen molar-refractivity contribution in [2.24, 2.45) is 0 Å². The van der Waals surface area contributed by atoms with E-state index < -0.39 is 17.6 Å². The van der Waals surface area contributed by atoms with Gasteiger partial charge in [0.05, 0.1) is 16.6 Å². The molecule has 31 heavy (non-hydrogen) atoms. The summed E-state index contributed by atoms with van der Waals surface area (Å²) < 4.78 is 42.2. The van der Waals surface area contributed by atoms with Crippen molar-refractivity contribution in [1.82, 2.24) is 14.8 Å². The van der Waals surface area contributed by atoms with Crippen LogP contribution in [0.1, 0.15) is 42.6 Å². The van der Waals surface area contributed by atoms with Crippen molar-refractivity contribution in [3.05, 3.63) is 47.3 Å². The molecule has 0 saturated heterocycles. The summed E-state index contributed by atoms with van der Waals surface area (Å²) in [4.78, 5) is 28.0. The molecule has 7 nitrogen and oxygen atoms in total. The highest BCUT2D eigenvalue weighted by Crippen LogP contribution is 2.43. The van der Waals surface area contributed by atoms with Crippen LogP contribution in [-0.4, -0.2) is 26.6 Å². The molecular formula is C21H20F3N5O2. The Morgan fingerprint density at radius 2 is 1.74 bits per heavy atom. The fourth-order valence-electron chi connectivity index (χ4n) is 3.47. The number of hydrogen-bond donors (Lipinski definition) is 2. The third-order valence-corrected chi connectivity index (χ3v) is 4.98. The third-order valence-electron chi connectivity index (χ3n) is 4.98. The Morgan fingerprint density at radius 1 is 1.13 bits per heavy atom. The van der Waals surface area contributed by atoms with Gasteiger partial charge in [-0.05, 0) is 50.1 Å². The monoisotopic (exact) mass is 431 g/mol. The maximum atomic E-state index is 13.7. The number of rotatable bonds is 5. The molecule has 10 heteroatoms. The van der Waals surface area contributed by atoms with Crippen molar-refractivity contribution in [1.29, 1.82) is 0 Å². The molecule has 2 amide bonds. The first-order valence-electron chi connectivity index (χ1n) is 9.74. The van der Waals surface area contributed by atoms with Crippen LogP contribution in [0, 0.1) is 6.92 Å². The van der Waals surface area contributed by atoms with E-state index in [9.17, 15) is 22.8 Å². The molecule has 0 radical (unpaired) electrons. The Hall–Kier alpha value is -3.43. The van der Waals surface area contributed by atoms with Crippen LogP contribution in [0.4, 0.5) is 24.5 Å². The Kier molecular flexibility index (Phi) is 5.16. The number of carbonyl (C=O) groups is 2. The molecule has 0 atom stereocenters. The van der Waals surface area contributed by atoms with Crippen molar-refractivity contribution in [3.63, 3.8) is 0 Å². The molecule has 1 fully saturated rings. The highest BCUT2D eigenvalue weighted by atomic mass is 19.4. The first-order chi connectivity index (χ1) is 14.6. The van der Waals surface area contributed by atoms with Gasteiger partial charge in [-0.3, -0.25) is 9.59 Å². The number of hydrogen-bond acceptors (Lipinski definition) is 4. The van der Waals surface area contributed by atoms with Crippen molar-refractivity contribution < 1.29 is 22.8 Å². The number of pyridine rings is 1. The van der Waals surface area contributed by atoms with Gasteiger partial charge in [-0.2, -0.15) is 18.3 Å². The number of fused-ring (bicyclic) bond motifs is 1. The minimum Gasteiger partial charge on any atom is -0.326 e. The van der Waals surface area contributed by atoms with Crippen LogP contribution in [0.2, 0.25) is 0 Å². The Bertz CT molecular complexity index is 1160. The minimum atomic E-state index is -4.54. The van der Waals surface area contributed by atoms with E-state index in [0.29, 0.717) is 17.1 Å². The predicted octanol–water partition coefficient (Wildman–Crippen LogP) is 4.23. The number of nitrogens with zero attached hydrogens (tertiary/aromatic N) is 3. The van der Waals surface area contributed by atoms with Gasteiger partial charge in [0.15, 0.2) is 5.65 Å². The summed E-state index contributed by atoms with van der Waals surface area (Å²) in [5, 5.41) is 9.38. The Labute approximate surface area is 175 Å². The summed E-state index contributed by atoms with van der Waals surface area (Å²) in [6.45, 7) is 2.58. The van der Waals surface area contributed by atoms with Crippen molar-refractivity contribution >= 4 is 34.2 Å². The standard InChI is InChI=1S/C21H20F3N5O2/c1-11-19-16(21(22,23)24)9-17(13-3-4-13)27-20(19)29(28-11)10-18(31)26-15-7-5-14(6-8-15)25-12(2)30/h5-9,13H,3-4,10H2,1-2H3,(H,25,30)(H,26,31). The van der Waals surface area contributed by atoms with Crippen LogP contribution in [-0.2, 0) is 22.3 Å². The first-order valence-corrected chi connectivity index (χ1v) is 9.74. The summed E-state index contributed by atoms with van der Waals surface area (Å²) in [6, 6.07) is 7.59. The number of carbonyl (C=O) groups excluding carboxylic acids is 2. The smallest absolute Gasteiger partial charge is 0.326 e. The van der Waals surface area contributed by atoms with Crippen LogP contribution < -0.4 is 10.6 Å². The van der Waals surface area contributed by atoms with Gasteiger partial charge in [0.25, 0.3) is 0 Å². The molecule has 2 aromatic heterocycles. The number of alkyl halides is 3. The van der Waals surface area contributed by atoms with Crippen molar-refractivity contribution in [2.45, 2.75) is 45.3 Å². The van der Waals surface area contributed by atoms with Crippen LogP contribution >= 0.6 is 0 Å². The Morgan fingerprint density at radius 3 is 2.29 bits per heavy atom. The molecule has 2 N–H and O–H groups in total. The third kappa shape index (κ3) is 4.52. The zero-order valence-electron chi connectivity index (χ0n) is 16.9. The molecule has 0 unspecified atom stereocenters. The zero-order chi connectivity index (χ0) is 22.3. The summed E-state index contributed by atoms with van der Waals surface area (Å²) >= 11 is 0. The number of nitrogens with one attached hydrogen (secondary N) is 2. The molecule has 4 rings (SSSR count). The van der Waals surface area contributed by atoms with Crippen LogP contribution in [0.15, 0.2) is 30.3 Å². The molecule has 1 saturated carbocycles. The van der Waals surface area contributed by atoms with Gasteiger partial charge in [-0.1, -0.05) is 0 Å². The molecule has 3 aromatic rings. The van der Waals surface area contributed by atoms with E-state index >= 15 is 0 Å². The summed E-state index contributed by atoms with van der Waals surface area (Å²) in [5.41, 5.74) is 0.910. The van der Waals surface area contributed by atoms with E-state index in [1.165, 1.54) is 18.5 Å². The maximum Gasteiger partial charge on any atom is 0.417 e. The average Bonchev–Trinajstić information content (AvgIpc) is 3.48. The van der Waals surface area contributed by atoms with E-state index in [2.05, 4.69) is 20.7 Å². The molecule has 1 aliphatic carbocycles. The van der Waals surface area contributed by atoms with Crippen LogP contribution in [0.3, 0.4) is 0 Å². The molecule has 0 spiro atoms. The summed E-state index contributed by atoms with van der Waals surface area (Å²) in [5.74, 6) is -0.650. The number of aromatic nitrogens is 3. The maximum absolute atomic E-state index is 13.7.